The van der Waals surface area contributed by atoms with Crippen LogP contribution in [0, 0.1) is 0 Å². The number of ether oxygens (including phenoxy) is 1. The van der Waals surface area contributed by atoms with Crippen LogP contribution in [0.3, 0.4) is 0 Å². The molecule has 0 saturated carbocycles. The van der Waals surface area contributed by atoms with E-state index in [1.807, 2.05) is 30.3 Å². The lowest BCUT2D eigenvalue weighted by Gasteiger charge is -2.20. The molecule has 154 valence electrons. The van der Waals surface area contributed by atoms with Gasteiger partial charge in [0.25, 0.3) is 6.01 Å². The Labute approximate surface area is 175 Å². The van der Waals surface area contributed by atoms with Gasteiger partial charge in [0.05, 0.1) is 25.1 Å². The Balaban J connectivity index is 1.51. The number of nitrogens with one attached hydrogen (secondary N) is 1. The van der Waals surface area contributed by atoms with Crippen LogP contribution in [0.15, 0.2) is 70.1 Å². The van der Waals surface area contributed by atoms with E-state index in [1.165, 1.54) is 12.1 Å². The molecule has 7 nitrogen and oxygen atoms in total. The van der Waals surface area contributed by atoms with Gasteiger partial charge >= 0.3 is 0 Å². The molecule has 0 aliphatic rings. The summed E-state index contributed by atoms with van der Waals surface area (Å²) >= 11 is 0. The zero-order valence-corrected chi connectivity index (χ0v) is 17.3. The van der Waals surface area contributed by atoms with Crippen LogP contribution < -0.4 is 15.0 Å². The van der Waals surface area contributed by atoms with Gasteiger partial charge in [-0.25, -0.2) is 9.97 Å². The summed E-state index contributed by atoms with van der Waals surface area (Å²) in [7, 11) is 1.62. The van der Waals surface area contributed by atoms with Crippen LogP contribution in [-0.4, -0.2) is 30.2 Å². The Morgan fingerprint density at radius 2 is 1.80 bits per heavy atom. The van der Waals surface area contributed by atoms with Crippen molar-refractivity contribution in [2.45, 2.75) is 13.8 Å². The van der Waals surface area contributed by atoms with Crippen molar-refractivity contribution in [1.82, 2.24) is 9.97 Å². The maximum atomic E-state index is 5.90. The molecule has 4 aromatic rings. The van der Waals surface area contributed by atoms with Crippen molar-refractivity contribution in [1.29, 1.82) is 0 Å². The molecule has 2 heterocycles. The number of benzene rings is 2. The number of oxazole rings is 2. The van der Waals surface area contributed by atoms with Crippen molar-refractivity contribution in [2.24, 2.45) is 0 Å². The maximum Gasteiger partial charge on any atom is 0.299 e. The van der Waals surface area contributed by atoms with Crippen LogP contribution in [0.25, 0.3) is 22.6 Å². The minimum Gasteiger partial charge on any atom is -0.496 e. The number of anilines is 3. The van der Waals surface area contributed by atoms with Crippen molar-refractivity contribution in [3.8, 4) is 28.4 Å². The second-order valence-corrected chi connectivity index (χ2v) is 6.65. The third-order valence-electron chi connectivity index (χ3n) is 4.94. The van der Waals surface area contributed by atoms with Gasteiger partial charge in [0.2, 0.25) is 0 Å². The molecular weight excluding hydrogens is 380 g/mol. The smallest absolute Gasteiger partial charge is 0.299 e. The maximum absolute atomic E-state index is 5.90. The third kappa shape index (κ3) is 4.00. The minimum absolute atomic E-state index is 0.410. The van der Waals surface area contributed by atoms with Gasteiger partial charge in [-0.2, -0.15) is 0 Å². The van der Waals surface area contributed by atoms with E-state index < -0.39 is 0 Å². The summed E-state index contributed by atoms with van der Waals surface area (Å²) in [6.45, 7) is 6.26. The molecule has 7 heteroatoms. The molecular formula is C23H24N4O3. The van der Waals surface area contributed by atoms with Gasteiger partial charge in [-0.05, 0) is 50.2 Å². The van der Waals surface area contributed by atoms with E-state index in [-0.39, 0.29) is 0 Å². The first-order valence-electron chi connectivity index (χ1n) is 9.87. The molecule has 0 aliphatic carbocycles. The highest BCUT2D eigenvalue weighted by Gasteiger charge is 2.12. The second-order valence-electron chi connectivity index (χ2n) is 6.65. The molecule has 0 radical (unpaired) electrons. The van der Waals surface area contributed by atoms with Gasteiger partial charge in [0, 0.05) is 36.1 Å². The Morgan fingerprint density at radius 3 is 2.47 bits per heavy atom. The van der Waals surface area contributed by atoms with Gasteiger partial charge in [-0.15, -0.1) is 0 Å². The summed E-state index contributed by atoms with van der Waals surface area (Å²) in [5.74, 6) is 2.01. The van der Waals surface area contributed by atoms with Crippen LogP contribution in [0.5, 0.6) is 5.75 Å². The van der Waals surface area contributed by atoms with Crippen molar-refractivity contribution >= 4 is 17.4 Å². The highest BCUT2D eigenvalue weighted by Crippen LogP contribution is 2.33. The predicted molar refractivity (Wildman–Crippen MR) is 117 cm³/mol. The average Bonchev–Trinajstić information content (AvgIpc) is 3.48. The molecule has 0 atom stereocenters. The first kappa shape index (κ1) is 19.6. The fourth-order valence-electron chi connectivity index (χ4n) is 3.34. The minimum atomic E-state index is 0.410. The van der Waals surface area contributed by atoms with E-state index in [4.69, 9.17) is 13.6 Å². The lowest BCUT2D eigenvalue weighted by Crippen LogP contribution is -2.21. The van der Waals surface area contributed by atoms with Crippen molar-refractivity contribution in [2.75, 3.05) is 30.4 Å². The molecule has 2 aromatic carbocycles. The SMILES string of the molecule is CCN(CC)c1ccc(-c2cnc(Nc3ccc(-c4cnco4)c(OC)c3)o2)cc1. The van der Waals surface area contributed by atoms with E-state index in [9.17, 15) is 0 Å². The van der Waals surface area contributed by atoms with Crippen LogP contribution in [0.2, 0.25) is 0 Å². The summed E-state index contributed by atoms with van der Waals surface area (Å²) in [6, 6.07) is 14.4. The number of methoxy groups -OCH3 is 1. The van der Waals surface area contributed by atoms with Gasteiger partial charge in [0.1, 0.15) is 5.75 Å². The van der Waals surface area contributed by atoms with E-state index >= 15 is 0 Å². The van der Waals surface area contributed by atoms with Gasteiger partial charge < -0.3 is 23.8 Å². The molecule has 1 N–H and O–H groups in total. The zero-order chi connectivity index (χ0) is 20.9. The van der Waals surface area contributed by atoms with Crippen LogP contribution in [-0.2, 0) is 0 Å². The highest BCUT2D eigenvalue weighted by atomic mass is 16.5. The van der Waals surface area contributed by atoms with Crippen LogP contribution in [0.4, 0.5) is 17.4 Å². The number of hydrogen-bond donors (Lipinski definition) is 1. The summed E-state index contributed by atoms with van der Waals surface area (Å²) in [5, 5.41) is 3.18. The summed E-state index contributed by atoms with van der Waals surface area (Å²) < 4.78 is 16.8. The Bertz CT molecular complexity index is 1080. The number of hydrogen-bond acceptors (Lipinski definition) is 7. The quantitative estimate of drug-likeness (QED) is 0.410. The molecule has 0 unspecified atom stereocenters. The van der Waals surface area contributed by atoms with Gasteiger partial charge in [0.15, 0.2) is 17.9 Å². The van der Waals surface area contributed by atoms with Crippen molar-refractivity contribution < 1.29 is 13.6 Å². The summed E-state index contributed by atoms with van der Waals surface area (Å²) in [5.41, 5.74) is 3.78. The van der Waals surface area contributed by atoms with Gasteiger partial charge in [-0.1, -0.05) is 0 Å². The number of nitrogens with zero attached hydrogens (tertiary/aromatic N) is 3. The van der Waals surface area contributed by atoms with E-state index in [0.29, 0.717) is 23.3 Å². The van der Waals surface area contributed by atoms with Gasteiger partial charge in [-0.3, -0.25) is 0 Å². The van der Waals surface area contributed by atoms with Crippen molar-refractivity contribution in [3.63, 3.8) is 0 Å². The van der Waals surface area contributed by atoms with E-state index in [0.717, 1.165) is 29.9 Å². The molecule has 0 saturated heterocycles. The Hall–Kier alpha value is -3.74. The fourth-order valence-corrected chi connectivity index (χ4v) is 3.34. The van der Waals surface area contributed by atoms with E-state index in [2.05, 4.69) is 46.2 Å². The molecule has 2 aromatic heterocycles. The largest absolute Gasteiger partial charge is 0.496 e. The lowest BCUT2D eigenvalue weighted by atomic mass is 10.1. The Morgan fingerprint density at radius 1 is 1.00 bits per heavy atom. The average molecular weight is 404 g/mol. The van der Waals surface area contributed by atoms with E-state index in [1.54, 1.807) is 19.5 Å². The highest BCUT2D eigenvalue weighted by molar-refractivity contribution is 5.71. The summed E-state index contributed by atoms with van der Waals surface area (Å²) in [6.07, 6.45) is 4.76. The molecule has 0 amide bonds. The topological polar surface area (TPSA) is 76.6 Å². The first-order valence-corrected chi connectivity index (χ1v) is 9.87. The molecule has 4 rings (SSSR count). The third-order valence-corrected chi connectivity index (χ3v) is 4.94. The van der Waals surface area contributed by atoms with Crippen molar-refractivity contribution in [3.05, 3.63) is 61.3 Å². The van der Waals surface area contributed by atoms with Crippen LogP contribution in [0.1, 0.15) is 13.8 Å². The Kier molecular flexibility index (Phi) is 5.70. The van der Waals surface area contributed by atoms with Crippen LogP contribution >= 0.6 is 0 Å². The molecule has 30 heavy (non-hydrogen) atoms. The second kappa shape index (κ2) is 8.73. The monoisotopic (exact) mass is 404 g/mol. The first-order chi connectivity index (χ1) is 14.7. The summed E-state index contributed by atoms with van der Waals surface area (Å²) in [4.78, 5) is 10.6. The fraction of sp³-hybridized carbons (Fsp3) is 0.217. The molecule has 0 bridgehead atoms. The molecule has 0 fully saturated rings. The normalized spacial score (nSPS) is 10.8. The standard InChI is InChI=1S/C23H24N4O3/c1-4-27(5-2)18-9-6-16(7-10-18)21-14-25-23(30-21)26-17-8-11-19(20(12-17)28-3)22-13-24-15-29-22/h6-15H,4-5H2,1-3H3,(H,25,26). The molecule has 0 aliphatic heterocycles. The zero-order valence-electron chi connectivity index (χ0n) is 17.3. The molecule has 0 spiro atoms. The number of rotatable bonds is 8. The number of aromatic nitrogens is 2. The predicted octanol–water partition coefficient (Wildman–Crippen LogP) is 5.60. The lowest BCUT2D eigenvalue weighted by molar-refractivity contribution is 0.415.